The van der Waals surface area contributed by atoms with E-state index in [2.05, 4.69) is 15.5 Å². The van der Waals surface area contributed by atoms with E-state index in [1.54, 1.807) is 19.2 Å². The molecule has 0 aliphatic heterocycles. The summed E-state index contributed by atoms with van der Waals surface area (Å²) in [5.41, 5.74) is 2.74. The first-order valence-electron chi connectivity index (χ1n) is 9.73. The van der Waals surface area contributed by atoms with Crippen LogP contribution in [0.2, 0.25) is 0 Å². The van der Waals surface area contributed by atoms with E-state index in [1.807, 2.05) is 72.8 Å². The van der Waals surface area contributed by atoms with Crippen LogP contribution in [0.4, 0.5) is 5.69 Å². The molecule has 7 heteroatoms. The number of nitrogens with zero attached hydrogens (tertiary/aromatic N) is 2. The van der Waals surface area contributed by atoms with Gasteiger partial charge in [0.25, 0.3) is 5.22 Å². The van der Waals surface area contributed by atoms with Crippen molar-refractivity contribution in [2.24, 2.45) is 0 Å². The standard InChI is InChI=1S/C24H21N3O3S/c1-29-20-15-9-8-14-19(20)25-21(28)16-31-24-27-26-23(30-24)22(17-10-4-2-5-11-17)18-12-6-3-7-13-18/h2-15,22H,16H2,1H3,(H,25,28). The second-order valence-corrected chi connectivity index (χ2v) is 7.62. The van der Waals surface area contributed by atoms with Crippen molar-refractivity contribution < 1.29 is 13.9 Å². The molecule has 1 heterocycles. The minimum atomic E-state index is -0.183. The van der Waals surface area contributed by atoms with Gasteiger partial charge in [-0.05, 0) is 23.3 Å². The maximum absolute atomic E-state index is 12.4. The van der Waals surface area contributed by atoms with Crippen LogP contribution in [0.1, 0.15) is 22.9 Å². The molecule has 0 fully saturated rings. The van der Waals surface area contributed by atoms with Crippen molar-refractivity contribution in [3.63, 3.8) is 0 Å². The molecule has 1 N–H and O–H groups in total. The van der Waals surface area contributed by atoms with Crippen LogP contribution in [0.3, 0.4) is 0 Å². The number of hydrogen-bond acceptors (Lipinski definition) is 6. The maximum Gasteiger partial charge on any atom is 0.277 e. The molecule has 0 radical (unpaired) electrons. The topological polar surface area (TPSA) is 77.2 Å². The van der Waals surface area contributed by atoms with Crippen LogP contribution in [0.15, 0.2) is 94.6 Å². The minimum Gasteiger partial charge on any atom is -0.495 e. The number of hydrogen-bond donors (Lipinski definition) is 1. The average molecular weight is 432 g/mol. The zero-order valence-electron chi connectivity index (χ0n) is 16.9. The highest BCUT2D eigenvalue weighted by Gasteiger charge is 2.23. The minimum absolute atomic E-state index is 0.140. The van der Waals surface area contributed by atoms with E-state index >= 15 is 0 Å². The summed E-state index contributed by atoms with van der Waals surface area (Å²) in [6.45, 7) is 0. The van der Waals surface area contributed by atoms with Crippen LogP contribution in [0.25, 0.3) is 0 Å². The van der Waals surface area contributed by atoms with E-state index < -0.39 is 0 Å². The van der Waals surface area contributed by atoms with Gasteiger partial charge in [0.1, 0.15) is 5.75 Å². The fourth-order valence-corrected chi connectivity index (χ4v) is 3.80. The molecule has 31 heavy (non-hydrogen) atoms. The lowest BCUT2D eigenvalue weighted by atomic mass is 9.91. The van der Waals surface area contributed by atoms with E-state index in [9.17, 15) is 4.79 Å². The number of thioether (sulfide) groups is 1. The largest absolute Gasteiger partial charge is 0.495 e. The van der Waals surface area contributed by atoms with Gasteiger partial charge in [-0.25, -0.2) is 0 Å². The molecule has 4 rings (SSSR count). The summed E-state index contributed by atoms with van der Waals surface area (Å²) in [6, 6.07) is 27.3. The number of methoxy groups -OCH3 is 1. The predicted molar refractivity (Wildman–Crippen MR) is 120 cm³/mol. The van der Waals surface area contributed by atoms with Crippen molar-refractivity contribution in [2.45, 2.75) is 11.1 Å². The Labute approximate surface area is 184 Å². The second-order valence-electron chi connectivity index (χ2n) is 6.70. The van der Waals surface area contributed by atoms with Crippen LogP contribution in [-0.2, 0) is 4.79 Å². The monoisotopic (exact) mass is 431 g/mol. The highest BCUT2D eigenvalue weighted by molar-refractivity contribution is 7.99. The van der Waals surface area contributed by atoms with E-state index in [0.717, 1.165) is 11.1 Å². The SMILES string of the molecule is COc1ccccc1NC(=O)CSc1nnc(C(c2ccccc2)c2ccccc2)o1. The summed E-state index contributed by atoms with van der Waals surface area (Å²) in [5, 5.41) is 11.6. The number of rotatable bonds is 8. The Morgan fingerprint density at radius 1 is 0.935 bits per heavy atom. The Balaban J connectivity index is 1.47. The van der Waals surface area contributed by atoms with Gasteiger partial charge in [-0.1, -0.05) is 84.6 Å². The maximum atomic E-state index is 12.4. The molecule has 0 aliphatic rings. The normalized spacial score (nSPS) is 10.8. The van der Waals surface area contributed by atoms with Gasteiger partial charge >= 0.3 is 0 Å². The van der Waals surface area contributed by atoms with Crippen LogP contribution >= 0.6 is 11.8 Å². The molecule has 0 atom stereocenters. The van der Waals surface area contributed by atoms with Crippen molar-refractivity contribution in [3.05, 3.63) is 102 Å². The number of amides is 1. The Bertz CT molecular complexity index is 1090. The van der Waals surface area contributed by atoms with Crippen LogP contribution in [0.5, 0.6) is 5.75 Å². The van der Waals surface area contributed by atoms with Crippen molar-refractivity contribution in [1.29, 1.82) is 0 Å². The molecule has 0 aliphatic carbocycles. The number of carbonyl (C=O) groups excluding carboxylic acids is 1. The molecule has 1 aromatic heterocycles. The smallest absolute Gasteiger partial charge is 0.277 e. The fourth-order valence-electron chi connectivity index (χ4n) is 3.23. The van der Waals surface area contributed by atoms with Crippen molar-refractivity contribution in [2.75, 3.05) is 18.2 Å². The first-order valence-corrected chi connectivity index (χ1v) is 10.7. The molecular weight excluding hydrogens is 410 g/mol. The van der Waals surface area contributed by atoms with Gasteiger partial charge in [-0.15, -0.1) is 10.2 Å². The first-order chi connectivity index (χ1) is 15.2. The number of benzene rings is 3. The molecule has 0 saturated heterocycles. The number of aromatic nitrogens is 2. The van der Waals surface area contributed by atoms with Gasteiger partial charge in [0, 0.05) is 0 Å². The number of anilines is 1. The van der Waals surface area contributed by atoms with E-state index in [4.69, 9.17) is 9.15 Å². The van der Waals surface area contributed by atoms with Gasteiger partial charge in [0.05, 0.1) is 24.5 Å². The third kappa shape index (κ3) is 5.13. The number of nitrogens with one attached hydrogen (secondary N) is 1. The third-order valence-corrected chi connectivity index (χ3v) is 5.46. The predicted octanol–water partition coefficient (Wildman–Crippen LogP) is 4.99. The van der Waals surface area contributed by atoms with E-state index in [0.29, 0.717) is 22.6 Å². The van der Waals surface area contributed by atoms with Gasteiger partial charge in [-0.3, -0.25) is 4.79 Å². The van der Waals surface area contributed by atoms with Crippen molar-refractivity contribution in [1.82, 2.24) is 10.2 Å². The molecule has 6 nitrogen and oxygen atoms in total. The van der Waals surface area contributed by atoms with Crippen LogP contribution in [-0.4, -0.2) is 29.0 Å². The number of ether oxygens (including phenoxy) is 1. The summed E-state index contributed by atoms with van der Waals surface area (Å²) in [5.74, 6) is 0.879. The molecule has 0 spiro atoms. The summed E-state index contributed by atoms with van der Waals surface area (Å²) in [6.07, 6.45) is 0. The van der Waals surface area contributed by atoms with Crippen LogP contribution in [0, 0.1) is 0 Å². The lowest BCUT2D eigenvalue weighted by molar-refractivity contribution is -0.113. The summed E-state index contributed by atoms with van der Waals surface area (Å²) < 4.78 is 11.2. The van der Waals surface area contributed by atoms with Gasteiger partial charge in [-0.2, -0.15) is 0 Å². The highest BCUT2D eigenvalue weighted by Crippen LogP contribution is 2.32. The Morgan fingerprint density at radius 2 is 1.55 bits per heavy atom. The van der Waals surface area contributed by atoms with Gasteiger partial charge in [0.15, 0.2) is 0 Å². The molecule has 0 bridgehead atoms. The highest BCUT2D eigenvalue weighted by atomic mass is 32.2. The Morgan fingerprint density at radius 3 is 2.19 bits per heavy atom. The summed E-state index contributed by atoms with van der Waals surface area (Å²) in [4.78, 5) is 12.4. The van der Waals surface area contributed by atoms with Crippen molar-refractivity contribution >= 4 is 23.4 Å². The molecular formula is C24H21N3O3S. The average Bonchev–Trinajstić information content (AvgIpc) is 3.28. The van der Waals surface area contributed by atoms with E-state index in [1.165, 1.54) is 11.8 Å². The lowest BCUT2D eigenvalue weighted by Gasteiger charge is -2.13. The quantitative estimate of drug-likeness (QED) is 0.396. The fraction of sp³-hybridized carbons (Fsp3) is 0.125. The first kappa shape index (κ1) is 20.7. The second kappa shape index (κ2) is 9.95. The summed E-state index contributed by atoms with van der Waals surface area (Å²) in [7, 11) is 1.57. The molecule has 156 valence electrons. The zero-order valence-corrected chi connectivity index (χ0v) is 17.7. The Kier molecular flexibility index (Phi) is 6.64. The summed E-state index contributed by atoms with van der Waals surface area (Å²) >= 11 is 1.20. The van der Waals surface area contributed by atoms with Gasteiger partial charge in [0.2, 0.25) is 11.8 Å². The molecule has 1 amide bonds. The number of para-hydroxylation sites is 2. The van der Waals surface area contributed by atoms with Gasteiger partial charge < -0.3 is 14.5 Å². The number of carbonyl (C=O) groups is 1. The molecule has 0 unspecified atom stereocenters. The Hall–Kier alpha value is -3.58. The third-order valence-electron chi connectivity index (χ3n) is 4.64. The van der Waals surface area contributed by atoms with Crippen LogP contribution < -0.4 is 10.1 Å². The molecule has 0 saturated carbocycles. The van der Waals surface area contributed by atoms with E-state index in [-0.39, 0.29) is 17.6 Å². The molecule has 4 aromatic rings. The lowest BCUT2D eigenvalue weighted by Crippen LogP contribution is -2.14. The van der Waals surface area contributed by atoms with Crippen molar-refractivity contribution in [3.8, 4) is 5.75 Å². The molecule has 3 aromatic carbocycles. The zero-order chi connectivity index (χ0) is 21.5.